The normalized spacial score (nSPS) is 26.6. The summed E-state index contributed by atoms with van der Waals surface area (Å²) < 4.78 is 0. The molecular formula is C12H22N2O3. The number of hydrogen-bond donors (Lipinski definition) is 2. The third-order valence-electron chi connectivity index (χ3n) is 3.82. The number of nitrogens with zero attached hydrogens (tertiary/aromatic N) is 1. The number of carbonyl (C=O) groups excluding carboxylic acids is 1. The number of hydrogen-bond acceptors (Lipinski definition) is 3. The van der Waals surface area contributed by atoms with Gasteiger partial charge in [0, 0.05) is 13.1 Å². The van der Waals surface area contributed by atoms with E-state index in [1.54, 1.807) is 18.9 Å². The predicted octanol–water partition coefficient (Wildman–Crippen LogP) is 0.698. The number of amides is 1. The first kappa shape index (κ1) is 14.0. The van der Waals surface area contributed by atoms with Crippen molar-refractivity contribution < 1.29 is 14.7 Å². The Morgan fingerprint density at radius 2 is 2.18 bits per heavy atom. The van der Waals surface area contributed by atoms with Gasteiger partial charge in [0.15, 0.2) is 0 Å². The lowest BCUT2D eigenvalue weighted by molar-refractivity contribution is -0.155. The van der Waals surface area contributed by atoms with E-state index in [9.17, 15) is 14.7 Å². The molecule has 0 spiro atoms. The minimum atomic E-state index is -0.783. The van der Waals surface area contributed by atoms with Crippen LogP contribution in [0.3, 0.4) is 0 Å². The molecule has 5 heteroatoms. The van der Waals surface area contributed by atoms with Gasteiger partial charge < -0.3 is 15.3 Å². The lowest BCUT2D eigenvalue weighted by Crippen LogP contribution is -2.53. The maximum absolute atomic E-state index is 12.0. The molecule has 0 radical (unpaired) electrons. The molecule has 2 unspecified atom stereocenters. The molecule has 0 aliphatic carbocycles. The van der Waals surface area contributed by atoms with Crippen LogP contribution in [0.5, 0.6) is 0 Å². The van der Waals surface area contributed by atoms with Crippen LogP contribution in [-0.4, -0.2) is 48.1 Å². The zero-order chi connectivity index (χ0) is 13.1. The minimum Gasteiger partial charge on any atom is -0.481 e. The van der Waals surface area contributed by atoms with Gasteiger partial charge in [0.05, 0.1) is 11.5 Å². The second kappa shape index (κ2) is 5.49. The largest absolute Gasteiger partial charge is 0.481 e. The van der Waals surface area contributed by atoms with Crippen molar-refractivity contribution in [3.63, 3.8) is 0 Å². The highest BCUT2D eigenvalue weighted by atomic mass is 16.4. The fourth-order valence-electron chi connectivity index (χ4n) is 2.33. The highest BCUT2D eigenvalue weighted by Crippen LogP contribution is 2.33. The molecule has 5 nitrogen and oxygen atoms in total. The zero-order valence-electron chi connectivity index (χ0n) is 10.8. The standard InChI is InChI=1S/C12H22N2O3/c1-4-12(11(16)17)6-5-7-14(8-12)10(15)9(2)13-3/h9,13H,4-8H2,1-3H3,(H,16,17). The van der Waals surface area contributed by atoms with Crippen molar-refractivity contribution in [3.8, 4) is 0 Å². The molecule has 0 aromatic carbocycles. The van der Waals surface area contributed by atoms with E-state index in [1.807, 2.05) is 6.92 Å². The van der Waals surface area contributed by atoms with Crippen LogP contribution in [0.25, 0.3) is 0 Å². The van der Waals surface area contributed by atoms with E-state index < -0.39 is 11.4 Å². The zero-order valence-corrected chi connectivity index (χ0v) is 10.8. The summed E-state index contributed by atoms with van der Waals surface area (Å²) in [5.74, 6) is -0.791. The van der Waals surface area contributed by atoms with E-state index in [0.717, 1.165) is 6.42 Å². The Balaban J connectivity index is 2.78. The van der Waals surface area contributed by atoms with Gasteiger partial charge in [-0.2, -0.15) is 0 Å². The van der Waals surface area contributed by atoms with Crippen molar-refractivity contribution in [1.82, 2.24) is 10.2 Å². The molecule has 1 aliphatic heterocycles. The number of rotatable bonds is 4. The van der Waals surface area contributed by atoms with Crippen molar-refractivity contribution in [2.24, 2.45) is 5.41 Å². The van der Waals surface area contributed by atoms with Crippen LogP contribution >= 0.6 is 0 Å². The molecule has 1 saturated heterocycles. The Labute approximate surface area is 102 Å². The number of carboxylic acid groups (broad SMARTS) is 1. The first-order valence-electron chi connectivity index (χ1n) is 6.16. The summed E-state index contributed by atoms with van der Waals surface area (Å²) in [6.07, 6.45) is 2.00. The third kappa shape index (κ3) is 2.77. The van der Waals surface area contributed by atoms with Gasteiger partial charge in [-0.05, 0) is 33.2 Å². The number of nitrogens with one attached hydrogen (secondary N) is 1. The number of aliphatic carboxylic acids is 1. The van der Waals surface area contributed by atoms with E-state index in [4.69, 9.17) is 0 Å². The summed E-state index contributed by atoms with van der Waals surface area (Å²) in [6.45, 7) is 4.68. The quantitative estimate of drug-likeness (QED) is 0.761. The van der Waals surface area contributed by atoms with Gasteiger partial charge in [-0.3, -0.25) is 9.59 Å². The highest BCUT2D eigenvalue weighted by molar-refractivity contribution is 5.83. The molecule has 2 atom stereocenters. The summed E-state index contributed by atoms with van der Waals surface area (Å²) in [6, 6.07) is -0.253. The molecular weight excluding hydrogens is 220 g/mol. The Kier molecular flexibility index (Phi) is 4.51. The monoisotopic (exact) mass is 242 g/mol. The van der Waals surface area contributed by atoms with Crippen molar-refractivity contribution in [3.05, 3.63) is 0 Å². The average molecular weight is 242 g/mol. The lowest BCUT2D eigenvalue weighted by Gasteiger charge is -2.40. The molecule has 17 heavy (non-hydrogen) atoms. The summed E-state index contributed by atoms with van der Waals surface area (Å²) in [4.78, 5) is 25.1. The number of piperidine rings is 1. The molecule has 0 aromatic heterocycles. The fraction of sp³-hybridized carbons (Fsp3) is 0.833. The van der Waals surface area contributed by atoms with Gasteiger partial charge in [-0.15, -0.1) is 0 Å². The predicted molar refractivity (Wildman–Crippen MR) is 64.7 cm³/mol. The van der Waals surface area contributed by atoms with E-state index in [1.165, 1.54) is 0 Å². The van der Waals surface area contributed by atoms with Gasteiger partial charge in [0.2, 0.25) is 5.91 Å². The second-order valence-electron chi connectivity index (χ2n) is 4.81. The second-order valence-corrected chi connectivity index (χ2v) is 4.81. The number of likely N-dealkylation sites (tertiary alicyclic amines) is 1. The van der Waals surface area contributed by atoms with E-state index in [0.29, 0.717) is 25.9 Å². The molecule has 1 amide bonds. The smallest absolute Gasteiger partial charge is 0.311 e. The number of likely N-dealkylation sites (N-methyl/N-ethyl adjacent to an activating group) is 1. The first-order valence-corrected chi connectivity index (χ1v) is 6.16. The van der Waals surface area contributed by atoms with Crippen LogP contribution in [0.2, 0.25) is 0 Å². The Morgan fingerprint density at radius 1 is 1.53 bits per heavy atom. The molecule has 1 heterocycles. The summed E-state index contributed by atoms with van der Waals surface area (Å²) >= 11 is 0. The van der Waals surface area contributed by atoms with Gasteiger partial charge >= 0.3 is 5.97 Å². The minimum absolute atomic E-state index is 0.00808. The van der Waals surface area contributed by atoms with Crippen molar-refractivity contribution in [1.29, 1.82) is 0 Å². The topological polar surface area (TPSA) is 69.6 Å². The molecule has 2 N–H and O–H groups in total. The van der Waals surface area contributed by atoms with Gasteiger partial charge in [0.25, 0.3) is 0 Å². The van der Waals surface area contributed by atoms with Gasteiger partial charge in [-0.25, -0.2) is 0 Å². The molecule has 0 aromatic rings. The average Bonchev–Trinajstić information content (AvgIpc) is 2.36. The van der Waals surface area contributed by atoms with E-state index in [-0.39, 0.29) is 11.9 Å². The molecule has 1 aliphatic rings. The molecule has 0 saturated carbocycles. The number of carbonyl (C=O) groups is 2. The maximum atomic E-state index is 12.0. The maximum Gasteiger partial charge on any atom is 0.311 e. The molecule has 98 valence electrons. The van der Waals surface area contributed by atoms with Crippen molar-refractivity contribution in [2.75, 3.05) is 20.1 Å². The van der Waals surface area contributed by atoms with E-state index >= 15 is 0 Å². The van der Waals surface area contributed by atoms with Crippen LogP contribution in [0, 0.1) is 5.41 Å². The Morgan fingerprint density at radius 3 is 2.65 bits per heavy atom. The SMILES string of the molecule is CCC1(C(=O)O)CCCN(C(=O)C(C)NC)C1. The first-order chi connectivity index (χ1) is 7.96. The third-order valence-corrected chi connectivity index (χ3v) is 3.82. The van der Waals surface area contributed by atoms with Crippen molar-refractivity contribution in [2.45, 2.75) is 39.2 Å². The summed E-state index contributed by atoms with van der Waals surface area (Å²) in [7, 11) is 1.73. The summed E-state index contributed by atoms with van der Waals surface area (Å²) in [5, 5.41) is 12.2. The van der Waals surface area contributed by atoms with Crippen LogP contribution in [0.15, 0.2) is 0 Å². The lowest BCUT2D eigenvalue weighted by atomic mass is 9.77. The van der Waals surface area contributed by atoms with Crippen LogP contribution in [0.4, 0.5) is 0 Å². The summed E-state index contributed by atoms with van der Waals surface area (Å²) in [5.41, 5.74) is -0.749. The Hall–Kier alpha value is -1.10. The number of carboxylic acids is 1. The van der Waals surface area contributed by atoms with Crippen LogP contribution in [0.1, 0.15) is 33.1 Å². The van der Waals surface area contributed by atoms with Crippen LogP contribution < -0.4 is 5.32 Å². The highest BCUT2D eigenvalue weighted by Gasteiger charge is 2.42. The fourth-order valence-corrected chi connectivity index (χ4v) is 2.33. The van der Waals surface area contributed by atoms with Gasteiger partial charge in [0.1, 0.15) is 0 Å². The molecule has 1 fully saturated rings. The van der Waals surface area contributed by atoms with Crippen molar-refractivity contribution >= 4 is 11.9 Å². The van der Waals surface area contributed by atoms with Gasteiger partial charge in [-0.1, -0.05) is 6.92 Å². The Bertz CT molecular complexity index is 306. The molecule has 1 rings (SSSR count). The molecule has 0 bridgehead atoms. The van der Waals surface area contributed by atoms with E-state index in [2.05, 4.69) is 5.32 Å². The van der Waals surface area contributed by atoms with Crippen LogP contribution in [-0.2, 0) is 9.59 Å².